The Morgan fingerprint density at radius 2 is 1.74 bits per heavy atom. The van der Waals surface area contributed by atoms with Crippen LogP contribution in [0.2, 0.25) is 0 Å². The molecule has 1 unspecified atom stereocenters. The SMILES string of the molecule is COc1ccccc1C1(C)CCc2oc3ccccc3c2-c2oc(C)cc21. The Kier molecular flexibility index (Phi) is 3.48. The first-order valence-corrected chi connectivity index (χ1v) is 9.37. The Labute approximate surface area is 158 Å². The maximum absolute atomic E-state index is 6.27. The first-order chi connectivity index (χ1) is 13.1. The van der Waals surface area contributed by atoms with Gasteiger partial charge in [0.25, 0.3) is 0 Å². The normalized spacial score (nSPS) is 18.8. The topological polar surface area (TPSA) is 35.5 Å². The number of hydrogen-bond donors (Lipinski definition) is 0. The molecule has 0 spiro atoms. The molecule has 0 saturated heterocycles. The van der Waals surface area contributed by atoms with E-state index in [1.807, 2.05) is 31.2 Å². The molecule has 0 radical (unpaired) electrons. The minimum atomic E-state index is -0.220. The number of ether oxygens (including phenoxy) is 1. The second-order valence-electron chi connectivity index (χ2n) is 7.53. The molecule has 3 heteroatoms. The standard InChI is InChI=1S/C24H22O3/c1-15-14-18-23(26-15)22-16-8-4-6-10-19(16)27-21(22)12-13-24(18,2)17-9-5-7-11-20(17)25-3/h4-11,14H,12-13H2,1-3H3. The summed E-state index contributed by atoms with van der Waals surface area (Å²) in [7, 11) is 1.73. The lowest BCUT2D eigenvalue weighted by atomic mass is 9.73. The molecule has 3 nitrogen and oxygen atoms in total. The summed E-state index contributed by atoms with van der Waals surface area (Å²) in [6.07, 6.45) is 1.77. The summed E-state index contributed by atoms with van der Waals surface area (Å²) in [6, 6.07) is 18.7. The molecule has 0 amide bonds. The zero-order chi connectivity index (χ0) is 18.6. The van der Waals surface area contributed by atoms with E-state index >= 15 is 0 Å². The molecule has 2 aromatic carbocycles. The molecule has 5 rings (SSSR count). The van der Waals surface area contributed by atoms with Crippen LogP contribution in [-0.4, -0.2) is 7.11 Å². The van der Waals surface area contributed by atoms with E-state index in [0.29, 0.717) is 0 Å². The van der Waals surface area contributed by atoms with Crippen LogP contribution >= 0.6 is 0 Å². The fourth-order valence-corrected chi connectivity index (χ4v) is 4.51. The first kappa shape index (κ1) is 16.2. The molecular formula is C24H22O3. The Bertz CT molecular complexity index is 1150. The molecule has 1 aliphatic rings. The fourth-order valence-electron chi connectivity index (χ4n) is 4.51. The van der Waals surface area contributed by atoms with Gasteiger partial charge in [0, 0.05) is 28.3 Å². The quantitative estimate of drug-likeness (QED) is 0.424. The minimum absolute atomic E-state index is 0.220. The van der Waals surface area contributed by atoms with E-state index < -0.39 is 0 Å². The van der Waals surface area contributed by atoms with Crippen LogP contribution in [0.4, 0.5) is 0 Å². The molecule has 0 saturated carbocycles. The van der Waals surface area contributed by atoms with Gasteiger partial charge in [0.15, 0.2) is 0 Å². The van der Waals surface area contributed by atoms with E-state index in [-0.39, 0.29) is 5.41 Å². The molecule has 0 aliphatic heterocycles. The molecular weight excluding hydrogens is 336 g/mol. The van der Waals surface area contributed by atoms with Gasteiger partial charge in [-0.2, -0.15) is 0 Å². The molecule has 1 aliphatic carbocycles. The number of hydrogen-bond acceptors (Lipinski definition) is 3. The third kappa shape index (κ3) is 2.27. The van der Waals surface area contributed by atoms with Gasteiger partial charge >= 0.3 is 0 Å². The lowest BCUT2D eigenvalue weighted by Crippen LogP contribution is -2.24. The van der Waals surface area contributed by atoms with Gasteiger partial charge < -0.3 is 13.6 Å². The van der Waals surface area contributed by atoms with E-state index in [1.54, 1.807) is 7.11 Å². The van der Waals surface area contributed by atoms with Crippen LogP contribution in [0.3, 0.4) is 0 Å². The van der Waals surface area contributed by atoms with Crippen molar-refractivity contribution in [3.63, 3.8) is 0 Å². The number of methoxy groups -OCH3 is 1. The van der Waals surface area contributed by atoms with Gasteiger partial charge in [-0.25, -0.2) is 0 Å². The highest BCUT2D eigenvalue weighted by Crippen LogP contribution is 2.51. The van der Waals surface area contributed by atoms with Crippen molar-refractivity contribution in [3.8, 4) is 17.1 Å². The van der Waals surface area contributed by atoms with Gasteiger partial charge in [-0.1, -0.05) is 43.3 Å². The summed E-state index contributed by atoms with van der Waals surface area (Å²) in [5.41, 5.74) is 4.19. The Hall–Kier alpha value is -2.94. The molecule has 0 N–H and O–H groups in total. The van der Waals surface area contributed by atoms with Crippen molar-refractivity contribution < 1.29 is 13.6 Å². The Balaban J connectivity index is 1.81. The number of fused-ring (bicyclic) bond motifs is 5. The van der Waals surface area contributed by atoms with Crippen molar-refractivity contribution in [1.29, 1.82) is 0 Å². The molecule has 27 heavy (non-hydrogen) atoms. The molecule has 136 valence electrons. The van der Waals surface area contributed by atoms with Gasteiger partial charge in [0.05, 0.1) is 12.7 Å². The zero-order valence-electron chi connectivity index (χ0n) is 15.8. The summed E-state index contributed by atoms with van der Waals surface area (Å²) in [6.45, 7) is 4.30. The largest absolute Gasteiger partial charge is 0.496 e. The van der Waals surface area contributed by atoms with Crippen molar-refractivity contribution in [2.75, 3.05) is 7.11 Å². The lowest BCUT2D eigenvalue weighted by Gasteiger charge is -2.30. The van der Waals surface area contributed by atoms with Crippen molar-refractivity contribution in [2.45, 2.75) is 32.1 Å². The summed E-state index contributed by atoms with van der Waals surface area (Å²) in [5, 5.41) is 1.12. The minimum Gasteiger partial charge on any atom is -0.496 e. The summed E-state index contributed by atoms with van der Waals surface area (Å²) >= 11 is 0. The second-order valence-corrected chi connectivity index (χ2v) is 7.53. The van der Waals surface area contributed by atoms with E-state index in [1.165, 1.54) is 11.1 Å². The van der Waals surface area contributed by atoms with Gasteiger partial charge in [0.1, 0.15) is 28.6 Å². The highest BCUT2D eigenvalue weighted by atomic mass is 16.5. The van der Waals surface area contributed by atoms with Crippen molar-refractivity contribution in [1.82, 2.24) is 0 Å². The number of rotatable bonds is 2. The van der Waals surface area contributed by atoms with Crippen LogP contribution < -0.4 is 4.74 Å². The van der Waals surface area contributed by atoms with E-state index in [2.05, 4.69) is 37.3 Å². The molecule has 2 heterocycles. The van der Waals surface area contributed by atoms with Crippen LogP contribution in [0.25, 0.3) is 22.3 Å². The van der Waals surface area contributed by atoms with Gasteiger partial charge in [-0.15, -0.1) is 0 Å². The van der Waals surface area contributed by atoms with Crippen molar-refractivity contribution >= 4 is 11.0 Å². The monoisotopic (exact) mass is 358 g/mol. The summed E-state index contributed by atoms with van der Waals surface area (Å²) < 4.78 is 18.2. The molecule has 0 fully saturated rings. The summed E-state index contributed by atoms with van der Waals surface area (Å²) in [5.74, 6) is 3.76. The predicted molar refractivity (Wildman–Crippen MR) is 106 cm³/mol. The number of furan rings is 2. The van der Waals surface area contributed by atoms with Gasteiger partial charge in [-0.3, -0.25) is 0 Å². The second kappa shape index (κ2) is 5.78. The van der Waals surface area contributed by atoms with Crippen LogP contribution in [-0.2, 0) is 11.8 Å². The third-order valence-electron chi connectivity index (χ3n) is 5.90. The van der Waals surface area contributed by atoms with Crippen LogP contribution in [0, 0.1) is 6.92 Å². The van der Waals surface area contributed by atoms with Crippen molar-refractivity contribution in [3.05, 3.63) is 77.2 Å². The molecule has 2 aromatic heterocycles. The van der Waals surface area contributed by atoms with Crippen LogP contribution in [0.1, 0.15) is 36.0 Å². The van der Waals surface area contributed by atoms with E-state index in [9.17, 15) is 0 Å². The molecule has 4 aromatic rings. The molecule has 0 bridgehead atoms. The highest BCUT2D eigenvalue weighted by molar-refractivity contribution is 5.95. The van der Waals surface area contributed by atoms with E-state index in [4.69, 9.17) is 13.6 Å². The fraction of sp³-hybridized carbons (Fsp3) is 0.250. The van der Waals surface area contributed by atoms with Gasteiger partial charge in [0.2, 0.25) is 0 Å². The van der Waals surface area contributed by atoms with Crippen LogP contribution in [0.5, 0.6) is 5.75 Å². The third-order valence-corrected chi connectivity index (χ3v) is 5.90. The first-order valence-electron chi connectivity index (χ1n) is 9.37. The Morgan fingerprint density at radius 3 is 2.59 bits per heavy atom. The van der Waals surface area contributed by atoms with E-state index in [0.717, 1.165) is 52.4 Å². The average Bonchev–Trinajstić information content (AvgIpc) is 3.23. The number of aryl methyl sites for hydroxylation is 2. The predicted octanol–water partition coefficient (Wildman–Crippen LogP) is 6.26. The average molecular weight is 358 g/mol. The maximum Gasteiger partial charge on any atom is 0.142 e. The number of para-hydroxylation sites is 2. The smallest absolute Gasteiger partial charge is 0.142 e. The number of benzene rings is 2. The van der Waals surface area contributed by atoms with Gasteiger partial charge in [-0.05, 0) is 31.5 Å². The van der Waals surface area contributed by atoms with Crippen molar-refractivity contribution in [2.24, 2.45) is 0 Å². The highest BCUT2D eigenvalue weighted by Gasteiger charge is 2.40. The lowest BCUT2D eigenvalue weighted by molar-refractivity contribution is 0.390. The Morgan fingerprint density at radius 1 is 0.963 bits per heavy atom. The zero-order valence-corrected chi connectivity index (χ0v) is 15.8. The summed E-state index contributed by atoms with van der Waals surface area (Å²) in [4.78, 5) is 0. The molecule has 1 atom stereocenters. The van der Waals surface area contributed by atoms with Crippen LogP contribution in [0.15, 0.2) is 63.4 Å². The maximum atomic E-state index is 6.27.